The fraction of sp³-hybridized carbons (Fsp3) is 0. The number of anilines is 3. The van der Waals surface area contributed by atoms with E-state index in [4.69, 9.17) is 0 Å². The van der Waals surface area contributed by atoms with E-state index in [1.807, 2.05) is 18.2 Å². The van der Waals surface area contributed by atoms with Crippen LogP contribution in [0.1, 0.15) is 5.56 Å². The van der Waals surface area contributed by atoms with Gasteiger partial charge in [-0.1, -0.05) is 140 Å². The Hall–Kier alpha value is -4.88. The van der Waals surface area contributed by atoms with Crippen molar-refractivity contribution < 1.29 is 0 Å². The SMILES string of the molecule is C=C/C=C\C=C\c1ccc(N(c2ccc(-c3ccccc3)cc2)c2ccccc2-c2ccccc2)cc1. The van der Waals surface area contributed by atoms with E-state index < -0.39 is 0 Å². The van der Waals surface area contributed by atoms with Crippen LogP contribution in [0.3, 0.4) is 0 Å². The fourth-order valence-electron chi connectivity index (χ4n) is 4.44. The summed E-state index contributed by atoms with van der Waals surface area (Å²) in [6.07, 6.45) is 9.81. The van der Waals surface area contributed by atoms with E-state index >= 15 is 0 Å². The quantitative estimate of drug-likeness (QED) is 0.202. The summed E-state index contributed by atoms with van der Waals surface area (Å²) in [5.41, 5.74) is 9.30. The lowest BCUT2D eigenvalue weighted by atomic mass is 10.0. The normalized spacial score (nSPS) is 11.1. The molecule has 0 amide bonds. The zero-order valence-corrected chi connectivity index (χ0v) is 20.7. The average molecular weight is 476 g/mol. The van der Waals surface area contributed by atoms with Crippen molar-refractivity contribution in [2.75, 3.05) is 4.90 Å². The molecule has 0 unspecified atom stereocenters. The molecular weight excluding hydrogens is 446 g/mol. The Kier molecular flexibility index (Phi) is 7.54. The molecule has 1 nitrogen and oxygen atoms in total. The summed E-state index contributed by atoms with van der Waals surface area (Å²) in [6.45, 7) is 3.72. The molecule has 1 heteroatoms. The fourth-order valence-corrected chi connectivity index (χ4v) is 4.44. The van der Waals surface area contributed by atoms with Crippen molar-refractivity contribution in [1.82, 2.24) is 0 Å². The molecule has 0 aliphatic rings. The summed E-state index contributed by atoms with van der Waals surface area (Å²) >= 11 is 0. The molecule has 37 heavy (non-hydrogen) atoms. The molecule has 0 saturated heterocycles. The summed E-state index contributed by atoms with van der Waals surface area (Å²) in [4.78, 5) is 2.34. The van der Waals surface area contributed by atoms with Gasteiger partial charge in [0.1, 0.15) is 0 Å². The summed E-state index contributed by atoms with van der Waals surface area (Å²) in [5.74, 6) is 0. The molecule has 0 radical (unpaired) electrons. The van der Waals surface area contributed by atoms with Gasteiger partial charge in [0, 0.05) is 16.9 Å². The number of benzene rings is 5. The molecule has 0 spiro atoms. The topological polar surface area (TPSA) is 3.24 Å². The van der Waals surface area contributed by atoms with Gasteiger partial charge in [0.25, 0.3) is 0 Å². The van der Waals surface area contributed by atoms with Gasteiger partial charge in [-0.2, -0.15) is 0 Å². The Morgan fingerprint density at radius 3 is 1.65 bits per heavy atom. The first kappa shape index (κ1) is 23.8. The third kappa shape index (κ3) is 5.69. The largest absolute Gasteiger partial charge is 0.310 e. The van der Waals surface area contributed by atoms with Crippen molar-refractivity contribution in [3.63, 3.8) is 0 Å². The van der Waals surface area contributed by atoms with E-state index in [-0.39, 0.29) is 0 Å². The van der Waals surface area contributed by atoms with Crippen molar-refractivity contribution in [2.24, 2.45) is 0 Å². The first-order chi connectivity index (χ1) is 18.3. The van der Waals surface area contributed by atoms with Gasteiger partial charge in [-0.05, 0) is 52.6 Å². The molecule has 5 rings (SSSR count). The maximum Gasteiger partial charge on any atom is 0.0540 e. The first-order valence-electron chi connectivity index (χ1n) is 12.5. The second-order valence-corrected chi connectivity index (χ2v) is 8.70. The van der Waals surface area contributed by atoms with Crippen LogP contribution in [0.15, 0.2) is 164 Å². The predicted molar refractivity (Wildman–Crippen MR) is 160 cm³/mol. The Bertz CT molecular complexity index is 1490. The maximum absolute atomic E-state index is 3.72. The molecule has 178 valence electrons. The van der Waals surface area contributed by atoms with Crippen molar-refractivity contribution in [3.05, 3.63) is 170 Å². The van der Waals surface area contributed by atoms with Crippen LogP contribution in [-0.2, 0) is 0 Å². The number of rotatable bonds is 8. The van der Waals surface area contributed by atoms with Crippen LogP contribution in [0.2, 0.25) is 0 Å². The van der Waals surface area contributed by atoms with Crippen molar-refractivity contribution in [1.29, 1.82) is 0 Å². The highest BCUT2D eigenvalue weighted by molar-refractivity contribution is 5.88. The molecule has 0 fully saturated rings. The van der Waals surface area contributed by atoms with Crippen LogP contribution in [0.25, 0.3) is 28.3 Å². The van der Waals surface area contributed by atoms with Crippen LogP contribution >= 0.6 is 0 Å². The van der Waals surface area contributed by atoms with E-state index in [1.54, 1.807) is 6.08 Å². The van der Waals surface area contributed by atoms with Crippen molar-refractivity contribution >= 4 is 23.1 Å². The lowest BCUT2D eigenvalue weighted by Crippen LogP contribution is -2.11. The molecular formula is C36H29N. The van der Waals surface area contributed by atoms with Crippen LogP contribution < -0.4 is 4.90 Å². The van der Waals surface area contributed by atoms with E-state index in [9.17, 15) is 0 Å². The third-order valence-electron chi connectivity index (χ3n) is 6.26. The van der Waals surface area contributed by atoms with E-state index in [2.05, 4.69) is 151 Å². The molecule has 0 atom stereocenters. The molecule has 5 aromatic carbocycles. The summed E-state index contributed by atoms with van der Waals surface area (Å²) < 4.78 is 0. The van der Waals surface area contributed by atoms with Crippen molar-refractivity contribution in [3.8, 4) is 22.3 Å². The molecule has 0 aliphatic heterocycles. The highest BCUT2D eigenvalue weighted by Gasteiger charge is 2.17. The third-order valence-corrected chi connectivity index (χ3v) is 6.26. The van der Waals surface area contributed by atoms with Crippen LogP contribution in [0, 0.1) is 0 Å². The highest BCUT2D eigenvalue weighted by atomic mass is 15.1. The van der Waals surface area contributed by atoms with Crippen LogP contribution in [0.5, 0.6) is 0 Å². The second kappa shape index (κ2) is 11.7. The smallest absolute Gasteiger partial charge is 0.0540 e. The van der Waals surface area contributed by atoms with E-state index in [0.29, 0.717) is 0 Å². The predicted octanol–water partition coefficient (Wildman–Crippen LogP) is 10.2. The summed E-state index contributed by atoms with van der Waals surface area (Å²) in [7, 11) is 0. The zero-order chi connectivity index (χ0) is 25.3. The van der Waals surface area contributed by atoms with Gasteiger partial charge in [-0.25, -0.2) is 0 Å². The molecule has 0 aromatic heterocycles. The first-order valence-corrected chi connectivity index (χ1v) is 12.5. The standard InChI is InChI=1S/C36H29N/c1-2-3-4-7-14-29-21-25-33(26-22-29)37(34-27-23-31(24-28-34)30-15-8-5-9-16-30)36-20-13-12-19-35(36)32-17-10-6-11-18-32/h2-28H,1H2/b4-3-,14-7+. The zero-order valence-electron chi connectivity index (χ0n) is 20.7. The summed E-state index contributed by atoms with van der Waals surface area (Å²) in [6, 6.07) is 47.2. The van der Waals surface area contributed by atoms with Gasteiger partial charge in [0.05, 0.1) is 5.69 Å². The minimum Gasteiger partial charge on any atom is -0.310 e. The number of hydrogen-bond acceptors (Lipinski definition) is 1. The monoisotopic (exact) mass is 475 g/mol. The average Bonchev–Trinajstić information content (AvgIpc) is 2.98. The number of hydrogen-bond donors (Lipinski definition) is 0. The Morgan fingerprint density at radius 2 is 1.00 bits per heavy atom. The Balaban J connectivity index is 1.59. The number of allylic oxidation sites excluding steroid dienone is 4. The van der Waals surface area contributed by atoms with Gasteiger partial charge in [0.2, 0.25) is 0 Å². The lowest BCUT2D eigenvalue weighted by Gasteiger charge is -2.28. The van der Waals surface area contributed by atoms with Crippen molar-refractivity contribution in [2.45, 2.75) is 0 Å². The number of para-hydroxylation sites is 1. The molecule has 0 bridgehead atoms. The second-order valence-electron chi connectivity index (χ2n) is 8.70. The Labute approximate surface area is 220 Å². The molecule has 0 heterocycles. The molecule has 0 saturated carbocycles. The van der Waals surface area contributed by atoms with E-state index in [1.165, 1.54) is 22.3 Å². The lowest BCUT2D eigenvalue weighted by molar-refractivity contribution is 1.28. The molecule has 5 aromatic rings. The van der Waals surface area contributed by atoms with Crippen LogP contribution in [-0.4, -0.2) is 0 Å². The van der Waals surface area contributed by atoms with Gasteiger partial charge >= 0.3 is 0 Å². The summed E-state index contributed by atoms with van der Waals surface area (Å²) in [5, 5.41) is 0. The van der Waals surface area contributed by atoms with Gasteiger partial charge in [-0.3, -0.25) is 0 Å². The van der Waals surface area contributed by atoms with Crippen LogP contribution in [0.4, 0.5) is 17.1 Å². The van der Waals surface area contributed by atoms with Gasteiger partial charge < -0.3 is 4.90 Å². The van der Waals surface area contributed by atoms with Gasteiger partial charge in [0.15, 0.2) is 0 Å². The minimum atomic E-state index is 1.11. The van der Waals surface area contributed by atoms with E-state index in [0.717, 1.165) is 22.6 Å². The highest BCUT2D eigenvalue weighted by Crippen LogP contribution is 2.41. The van der Waals surface area contributed by atoms with Gasteiger partial charge in [-0.15, -0.1) is 0 Å². The number of nitrogens with zero attached hydrogens (tertiary/aromatic N) is 1. The molecule has 0 aliphatic carbocycles. The minimum absolute atomic E-state index is 1.11. The Morgan fingerprint density at radius 1 is 0.459 bits per heavy atom. The molecule has 0 N–H and O–H groups in total. The maximum atomic E-state index is 3.72.